The van der Waals surface area contributed by atoms with Crippen LogP contribution in [0.4, 0.5) is 24.7 Å². The van der Waals surface area contributed by atoms with Crippen molar-refractivity contribution >= 4 is 38.6 Å². The quantitative estimate of drug-likeness (QED) is 0.315. The van der Waals surface area contributed by atoms with E-state index in [0.29, 0.717) is 17.0 Å². The number of carbonyl (C=O) groups is 1. The van der Waals surface area contributed by atoms with Crippen LogP contribution in [-0.2, 0) is 21.4 Å². The summed E-state index contributed by atoms with van der Waals surface area (Å²) in [6.07, 6.45) is -0.589. The van der Waals surface area contributed by atoms with E-state index in [1.807, 2.05) is 43.3 Å². The van der Waals surface area contributed by atoms with Crippen LogP contribution in [0.5, 0.6) is 5.75 Å². The molecule has 5 rings (SSSR count). The monoisotopic (exact) mass is 616 g/mol. The predicted molar refractivity (Wildman–Crippen MR) is 151 cm³/mol. The first-order valence-corrected chi connectivity index (χ1v) is 14.4. The Bertz CT molecular complexity index is 1700. The van der Waals surface area contributed by atoms with Crippen LogP contribution in [0.3, 0.4) is 0 Å². The van der Waals surface area contributed by atoms with Crippen molar-refractivity contribution in [1.29, 1.82) is 0 Å². The highest BCUT2D eigenvalue weighted by Crippen LogP contribution is 2.28. The van der Waals surface area contributed by atoms with Crippen LogP contribution in [0, 0.1) is 0 Å². The Labute approximate surface area is 245 Å². The highest BCUT2D eigenvalue weighted by molar-refractivity contribution is 7.89. The summed E-state index contributed by atoms with van der Waals surface area (Å²) in [6, 6.07) is 10.2. The summed E-state index contributed by atoms with van der Waals surface area (Å²) < 4.78 is 70.1. The number of halogens is 3. The average Bonchev–Trinajstić information content (AvgIpc) is 2.99. The Morgan fingerprint density at radius 3 is 2.44 bits per heavy atom. The van der Waals surface area contributed by atoms with Crippen molar-refractivity contribution in [1.82, 2.24) is 29.6 Å². The molecule has 2 aromatic carbocycles. The number of fused-ring (bicyclic) bond motifs is 1. The fraction of sp³-hybridized carbons (Fsp3) is 0.296. The lowest BCUT2D eigenvalue weighted by Gasteiger charge is -2.40. The minimum absolute atomic E-state index is 0.0643. The average molecular weight is 617 g/mol. The maximum absolute atomic E-state index is 13.7. The van der Waals surface area contributed by atoms with Crippen LogP contribution in [0.25, 0.3) is 11.2 Å². The molecule has 4 aromatic rings. The van der Waals surface area contributed by atoms with Crippen molar-refractivity contribution in [2.45, 2.75) is 23.8 Å². The van der Waals surface area contributed by atoms with Crippen molar-refractivity contribution in [2.24, 2.45) is 0 Å². The zero-order valence-corrected chi connectivity index (χ0v) is 23.9. The SMILES string of the molecule is CN(C)c1ccc(CNC(=O)[C@H]2CN(c3cnc4cncnc4n3)CCN2S(=O)(=O)c2ccc(OC(F)(F)F)cc2)cc1. The van der Waals surface area contributed by atoms with Gasteiger partial charge in [-0.3, -0.25) is 4.79 Å². The minimum atomic E-state index is -4.93. The van der Waals surface area contributed by atoms with Gasteiger partial charge in [0.15, 0.2) is 5.65 Å². The molecule has 0 unspecified atom stereocenters. The predicted octanol–water partition coefficient (Wildman–Crippen LogP) is 2.58. The number of piperazine rings is 1. The summed E-state index contributed by atoms with van der Waals surface area (Å²) in [4.78, 5) is 33.8. The Balaban J connectivity index is 1.40. The molecule has 0 radical (unpaired) electrons. The summed E-state index contributed by atoms with van der Waals surface area (Å²) >= 11 is 0. The third kappa shape index (κ3) is 6.91. The van der Waals surface area contributed by atoms with E-state index in [2.05, 4.69) is 30.0 Å². The molecule has 226 valence electrons. The van der Waals surface area contributed by atoms with Crippen LogP contribution < -0.4 is 19.9 Å². The van der Waals surface area contributed by atoms with Gasteiger partial charge in [0.25, 0.3) is 0 Å². The second-order valence-electron chi connectivity index (χ2n) is 9.84. The molecular formula is C27H27F3N8O4S. The van der Waals surface area contributed by atoms with Crippen molar-refractivity contribution in [3.63, 3.8) is 0 Å². The first kappa shape index (κ1) is 29.9. The highest BCUT2D eigenvalue weighted by atomic mass is 32.2. The smallest absolute Gasteiger partial charge is 0.406 e. The van der Waals surface area contributed by atoms with Gasteiger partial charge in [0, 0.05) is 46.0 Å². The Kier molecular flexibility index (Phi) is 8.32. The van der Waals surface area contributed by atoms with Gasteiger partial charge < -0.3 is 19.9 Å². The normalized spacial score (nSPS) is 16.2. The van der Waals surface area contributed by atoms with Crippen LogP contribution in [0.15, 0.2) is 72.1 Å². The number of alkyl halides is 3. The number of carbonyl (C=O) groups excluding carboxylic acids is 1. The molecule has 0 aliphatic carbocycles. The van der Waals surface area contributed by atoms with Gasteiger partial charge in [-0.1, -0.05) is 12.1 Å². The number of amides is 1. The molecular weight excluding hydrogens is 589 g/mol. The first-order chi connectivity index (χ1) is 20.4. The van der Waals surface area contributed by atoms with Gasteiger partial charge in [0.1, 0.15) is 29.5 Å². The van der Waals surface area contributed by atoms with Crippen molar-refractivity contribution in [3.05, 3.63) is 72.8 Å². The lowest BCUT2D eigenvalue weighted by atomic mass is 10.1. The maximum atomic E-state index is 13.7. The molecule has 1 aliphatic heterocycles. The van der Waals surface area contributed by atoms with Gasteiger partial charge in [-0.05, 0) is 42.0 Å². The molecule has 0 saturated carbocycles. The second kappa shape index (κ2) is 12.0. The lowest BCUT2D eigenvalue weighted by molar-refractivity contribution is -0.274. The minimum Gasteiger partial charge on any atom is -0.406 e. The second-order valence-corrected chi connectivity index (χ2v) is 11.7. The third-order valence-corrected chi connectivity index (χ3v) is 8.68. The molecule has 3 heterocycles. The van der Waals surface area contributed by atoms with E-state index in [0.717, 1.165) is 39.8 Å². The van der Waals surface area contributed by atoms with E-state index >= 15 is 0 Å². The van der Waals surface area contributed by atoms with Crippen molar-refractivity contribution < 1.29 is 31.1 Å². The molecule has 1 amide bonds. The van der Waals surface area contributed by atoms with Crippen LogP contribution in [0.1, 0.15) is 5.56 Å². The van der Waals surface area contributed by atoms with Gasteiger partial charge in [0.05, 0.1) is 17.3 Å². The molecule has 1 N–H and O–H groups in total. The van der Waals surface area contributed by atoms with Crippen molar-refractivity contribution in [3.8, 4) is 5.75 Å². The summed E-state index contributed by atoms with van der Waals surface area (Å²) in [5, 5.41) is 2.82. The largest absolute Gasteiger partial charge is 0.573 e. The number of sulfonamides is 1. The Morgan fingerprint density at radius 1 is 1.05 bits per heavy atom. The molecule has 1 saturated heterocycles. The zero-order chi connectivity index (χ0) is 30.8. The number of hydrogen-bond donors (Lipinski definition) is 1. The Morgan fingerprint density at radius 2 is 1.77 bits per heavy atom. The fourth-order valence-corrected chi connectivity index (χ4v) is 6.12. The number of nitrogens with zero attached hydrogens (tertiary/aromatic N) is 7. The number of anilines is 2. The van der Waals surface area contributed by atoms with Gasteiger partial charge in [-0.2, -0.15) is 4.31 Å². The zero-order valence-electron chi connectivity index (χ0n) is 23.1. The molecule has 1 atom stereocenters. The molecule has 0 bridgehead atoms. The van der Waals surface area contributed by atoms with E-state index in [1.165, 1.54) is 18.7 Å². The van der Waals surface area contributed by atoms with E-state index in [9.17, 15) is 26.4 Å². The summed E-state index contributed by atoms with van der Waals surface area (Å²) in [7, 11) is -0.494. The number of hydrogen-bond acceptors (Lipinski definition) is 10. The van der Waals surface area contributed by atoms with Crippen LogP contribution in [0.2, 0.25) is 0 Å². The standard InChI is InChI=1S/C27H27F3N8O4S/c1-36(2)19-5-3-18(4-6-19)13-33-26(39)23-16-37(24-15-32-22-14-31-17-34-25(22)35-24)11-12-38(23)43(40,41)21-9-7-20(8-10-21)42-27(28,29)30/h3-10,14-15,17,23H,11-13,16H2,1-2H3,(H,33,39)/t23-/m1/s1. The summed E-state index contributed by atoms with van der Waals surface area (Å²) in [5.74, 6) is -0.725. The van der Waals surface area contributed by atoms with E-state index < -0.39 is 34.1 Å². The van der Waals surface area contributed by atoms with E-state index in [1.54, 1.807) is 4.90 Å². The highest BCUT2D eigenvalue weighted by Gasteiger charge is 2.41. The molecule has 0 spiro atoms. The van der Waals surface area contributed by atoms with Gasteiger partial charge in [0.2, 0.25) is 15.9 Å². The number of ether oxygens (including phenoxy) is 1. The number of aromatic nitrogens is 4. The van der Waals surface area contributed by atoms with Gasteiger partial charge in [-0.25, -0.2) is 28.4 Å². The van der Waals surface area contributed by atoms with Gasteiger partial charge in [-0.15, -0.1) is 13.2 Å². The first-order valence-electron chi connectivity index (χ1n) is 13.0. The van der Waals surface area contributed by atoms with E-state index in [-0.39, 0.29) is 31.1 Å². The molecule has 43 heavy (non-hydrogen) atoms. The molecule has 2 aromatic heterocycles. The summed E-state index contributed by atoms with van der Waals surface area (Å²) in [6.45, 7) is 0.135. The number of benzene rings is 2. The topological polar surface area (TPSA) is 134 Å². The van der Waals surface area contributed by atoms with E-state index in [4.69, 9.17) is 0 Å². The number of nitrogens with one attached hydrogen (secondary N) is 1. The molecule has 1 aliphatic rings. The van der Waals surface area contributed by atoms with Gasteiger partial charge >= 0.3 is 6.36 Å². The van der Waals surface area contributed by atoms with Crippen LogP contribution in [-0.4, -0.2) is 84.7 Å². The maximum Gasteiger partial charge on any atom is 0.573 e. The molecule has 12 nitrogen and oxygen atoms in total. The van der Waals surface area contributed by atoms with Crippen LogP contribution >= 0.6 is 0 Å². The lowest BCUT2D eigenvalue weighted by Crippen LogP contribution is -2.60. The molecule has 16 heteroatoms. The molecule has 1 fully saturated rings. The summed E-state index contributed by atoms with van der Waals surface area (Å²) in [5.41, 5.74) is 2.59. The third-order valence-electron chi connectivity index (χ3n) is 6.75. The van der Waals surface area contributed by atoms with Crippen molar-refractivity contribution in [2.75, 3.05) is 43.5 Å². The number of rotatable bonds is 8. The fourth-order valence-electron chi connectivity index (χ4n) is 4.55. The Hall–Kier alpha value is -4.57.